The topological polar surface area (TPSA) is 70.2 Å². The number of benzene rings is 18. The molecular formula is C108H54N4O4. The lowest BCUT2D eigenvalue weighted by molar-refractivity contribution is 0.669. The van der Waals surface area contributed by atoms with E-state index in [2.05, 4.69) is 345 Å². The monoisotopic (exact) mass is 1470 g/mol. The molecule has 0 amide bonds. The van der Waals surface area contributed by atoms with E-state index < -0.39 is 0 Å². The quantitative estimate of drug-likeness (QED) is 0.172. The lowest BCUT2D eigenvalue weighted by Crippen LogP contribution is -1.93. The Hall–Kier alpha value is -15.6. The van der Waals surface area contributed by atoms with Crippen LogP contribution in [0.3, 0.4) is 0 Å². The fourth-order valence-corrected chi connectivity index (χ4v) is 22.6. The van der Waals surface area contributed by atoms with Gasteiger partial charge in [0.05, 0.1) is 77.0 Å². The molecule has 530 valence electrons. The van der Waals surface area contributed by atoms with Crippen LogP contribution < -0.4 is 0 Å². The van der Waals surface area contributed by atoms with E-state index in [-0.39, 0.29) is 0 Å². The molecule has 18 aromatic carbocycles. The van der Waals surface area contributed by atoms with E-state index in [4.69, 9.17) is 17.7 Å². The van der Waals surface area contributed by atoms with E-state index in [1.807, 2.05) is 0 Å². The zero-order valence-corrected chi connectivity index (χ0v) is 61.6. The van der Waals surface area contributed by atoms with Crippen LogP contribution >= 0.6 is 0 Å². The molecule has 0 spiro atoms. The van der Waals surface area contributed by atoms with Crippen LogP contribution in [0.15, 0.2) is 345 Å². The molecule has 116 heavy (non-hydrogen) atoms. The highest BCUT2D eigenvalue weighted by atomic mass is 16.3. The standard InChI is InChI=1S/C108H54N4O4/c1-5-26-55(27-6-1)84-92-96-90-66-39-18-24-46-80(66)114-83(90)54-71-67-50-59(48-49-77(67)112(100(71)96)104(92)85(56-28-7-2-8-29-56)91-95-89-65-38-17-23-45-79(65)113-82(89)53-70-63-36-15-21-43-76(63)109(99(70)95)103(84)91)60-40-25-47-81-88(60)73-52-69-62-35-14-20-42-75(62)111-102(69)98(108(73)116-81)94-87(58-32-11-4-12-33-58)105-93(86(106(94)111)57-30-9-3-10-31-57)97-101-68(61-34-13-19-41-74(61)110(101)105)51-72-64-37-16-22-44-78(64)115-107(72)97/h1-54H. The van der Waals surface area contributed by atoms with Gasteiger partial charge in [0, 0.05) is 141 Å². The average Bonchev–Trinajstić information content (AvgIpc) is 1.49. The Morgan fingerprint density at radius 2 is 0.491 bits per heavy atom. The van der Waals surface area contributed by atoms with Crippen LogP contribution in [0.25, 0.3) is 296 Å². The normalized spacial score (nSPS) is 13.0. The van der Waals surface area contributed by atoms with Crippen LogP contribution in [0.5, 0.6) is 0 Å². The number of hydrogen-bond acceptors (Lipinski definition) is 4. The predicted octanol–water partition coefficient (Wildman–Crippen LogP) is 30.2. The molecule has 0 atom stereocenters. The zero-order chi connectivity index (χ0) is 74.5. The summed E-state index contributed by atoms with van der Waals surface area (Å²) in [6, 6.07) is 121. The molecule has 0 aliphatic rings. The Morgan fingerprint density at radius 1 is 0.155 bits per heavy atom. The van der Waals surface area contributed by atoms with Crippen LogP contribution in [0.1, 0.15) is 0 Å². The van der Waals surface area contributed by atoms with E-state index >= 15 is 0 Å². The highest BCUT2D eigenvalue weighted by Gasteiger charge is 2.38. The first-order valence-corrected chi connectivity index (χ1v) is 40.0. The van der Waals surface area contributed by atoms with Crippen molar-refractivity contribution in [3.8, 4) is 55.6 Å². The Labute approximate surface area is 654 Å². The van der Waals surface area contributed by atoms with E-state index in [9.17, 15) is 0 Å². The largest absolute Gasteiger partial charge is 0.456 e. The van der Waals surface area contributed by atoms with Gasteiger partial charge in [0.1, 0.15) is 44.7 Å². The second-order valence-corrected chi connectivity index (χ2v) is 32.1. The van der Waals surface area contributed by atoms with Gasteiger partial charge in [-0.15, -0.1) is 0 Å². The molecule has 0 saturated heterocycles. The number of fused-ring (bicyclic) bond motifs is 40. The molecular weight excluding hydrogens is 1420 g/mol. The summed E-state index contributed by atoms with van der Waals surface area (Å²) in [5, 5.41) is 27.3. The fraction of sp³-hybridized carbons (Fsp3) is 0. The van der Waals surface area contributed by atoms with Crippen LogP contribution in [-0.2, 0) is 0 Å². The Kier molecular flexibility index (Phi) is 10.5. The molecule has 8 nitrogen and oxygen atoms in total. The maximum Gasteiger partial charge on any atom is 0.145 e. The van der Waals surface area contributed by atoms with E-state index in [0.29, 0.717) is 0 Å². The summed E-state index contributed by atoms with van der Waals surface area (Å²) in [4.78, 5) is 0. The average molecular weight is 1470 g/mol. The predicted molar refractivity (Wildman–Crippen MR) is 481 cm³/mol. The molecule has 0 radical (unpaired) electrons. The van der Waals surface area contributed by atoms with Gasteiger partial charge in [-0.25, -0.2) is 0 Å². The highest BCUT2D eigenvalue weighted by molar-refractivity contribution is 6.48. The summed E-state index contributed by atoms with van der Waals surface area (Å²) in [6.07, 6.45) is 0. The van der Waals surface area contributed by atoms with Crippen molar-refractivity contribution in [1.82, 2.24) is 17.6 Å². The molecule has 30 rings (SSSR count). The van der Waals surface area contributed by atoms with Crippen molar-refractivity contribution in [1.29, 1.82) is 0 Å². The first kappa shape index (κ1) is 59.2. The molecule has 0 bridgehead atoms. The van der Waals surface area contributed by atoms with Crippen LogP contribution in [0.4, 0.5) is 0 Å². The molecule has 12 aromatic heterocycles. The van der Waals surface area contributed by atoms with Crippen LogP contribution in [-0.4, -0.2) is 17.6 Å². The molecule has 30 aromatic rings. The third-order valence-corrected chi connectivity index (χ3v) is 26.8. The number of hydrogen-bond donors (Lipinski definition) is 0. The molecule has 0 N–H and O–H groups in total. The smallest absolute Gasteiger partial charge is 0.145 e. The highest BCUT2D eigenvalue weighted by Crippen LogP contribution is 2.61. The molecule has 8 heteroatoms. The maximum atomic E-state index is 7.84. The van der Waals surface area contributed by atoms with Gasteiger partial charge in [0.15, 0.2) is 0 Å². The van der Waals surface area contributed by atoms with Crippen molar-refractivity contribution in [3.05, 3.63) is 328 Å². The van der Waals surface area contributed by atoms with Crippen molar-refractivity contribution < 1.29 is 17.7 Å². The van der Waals surface area contributed by atoms with E-state index in [1.54, 1.807) is 0 Å². The summed E-state index contributed by atoms with van der Waals surface area (Å²) in [5.41, 5.74) is 31.9. The van der Waals surface area contributed by atoms with Gasteiger partial charge >= 0.3 is 0 Å². The van der Waals surface area contributed by atoms with Crippen LogP contribution in [0, 0.1) is 0 Å². The number of aromatic nitrogens is 4. The van der Waals surface area contributed by atoms with Gasteiger partial charge in [-0.2, -0.15) is 0 Å². The minimum atomic E-state index is 0.820. The van der Waals surface area contributed by atoms with Crippen molar-refractivity contribution in [2.75, 3.05) is 0 Å². The van der Waals surface area contributed by atoms with E-state index in [0.717, 1.165) is 236 Å². The fourth-order valence-electron chi connectivity index (χ4n) is 22.6. The van der Waals surface area contributed by atoms with Crippen molar-refractivity contribution in [3.63, 3.8) is 0 Å². The number of nitrogens with zero attached hydrogens (tertiary/aromatic N) is 4. The van der Waals surface area contributed by atoms with E-state index in [1.165, 1.54) is 59.7 Å². The SMILES string of the molecule is c1ccc(-c2c3c4c5oc6cccc(-c7ccc8c(c7)c7cc9oc%10ccccc%10c9c9c%10c(-c%11ccccc%11)c%11c(c(-c%12ccccc%12)c%10n8c79)c7c8c(cc9c%10ccccc%10n%11c97)oc7ccccc78)c6c5cc5c6ccccc6n(c3c(-c3ccccc3)c3c6c7oc8ccccc8c7cc7c8ccccc8n(c23)c76)c54)cc1. The van der Waals surface area contributed by atoms with Gasteiger partial charge in [-0.3, -0.25) is 0 Å². The van der Waals surface area contributed by atoms with Crippen molar-refractivity contribution >= 4 is 240 Å². The molecule has 12 heterocycles. The summed E-state index contributed by atoms with van der Waals surface area (Å²) in [5.74, 6) is 0. The molecule has 0 unspecified atom stereocenters. The minimum Gasteiger partial charge on any atom is -0.456 e. The Bertz CT molecular complexity index is 9710. The number of rotatable bonds is 5. The Morgan fingerprint density at radius 3 is 0.957 bits per heavy atom. The third kappa shape index (κ3) is 6.83. The second-order valence-electron chi connectivity index (χ2n) is 32.1. The van der Waals surface area contributed by atoms with Crippen molar-refractivity contribution in [2.24, 2.45) is 0 Å². The molecule has 0 fully saturated rings. The first-order valence-electron chi connectivity index (χ1n) is 40.0. The maximum absolute atomic E-state index is 7.84. The number of para-hydroxylation sites is 6. The van der Waals surface area contributed by atoms with Gasteiger partial charge < -0.3 is 35.3 Å². The second kappa shape index (κ2) is 20.5. The summed E-state index contributed by atoms with van der Waals surface area (Å²) < 4.78 is 39.9. The lowest BCUT2D eigenvalue weighted by atomic mass is 9.88. The molecule has 0 aliphatic carbocycles. The van der Waals surface area contributed by atoms with Crippen molar-refractivity contribution in [2.45, 2.75) is 0 Å². The van der Waals surface area contributed by atoms with Gasteiger partial charge in [-0.1, -0.05) is 249 Å². The lowest BCUT2D eigenvalue weighted by Gasteiger charge is -2.16. The zero-order valence-electron chi connectivity index (χ0n) is 61.6. The summed E-state index contributed by atoms with van der Waals surface area (Å²) >= 11 is 0. The minimum absolute atomic E-state index is 0.820. The summed E-state index contributed by atoms with van der Waals surface area (Å²) in [6.45, 7) is 0. The van der Waals surface area contributed by atoms with Gasteiger partial charge in [0.2, 0.25) is 0 Å². The van der Waals surface area contributed by atoms with Gasteiger partial charge in [-0.05, 0) is 112 Å². The summed E-state index contributed by atoms with van der Waals surface area (Å²) in [7, 11) is 0. The third-order valence-electron chi connectivity index (χ3n) is 26.8. The van der Waals surface area contributed by atoms with Crippen LogP contribution in [0.2, 0.25) is 0 Å². The molecule has 0 aliphatic heterocycles. The van der Waals surface area contributed by atoms with Gasteiger partial charge in [0.25, 0.3) is 0 Å². The molecule has 0 saturated carbocycles. The number of furan rings is 4. The Balaban J connectivity index is 0.774. The first-order chi connectivity index (χ1) is 57.6.